The van der Waals surface area contributed by atoms with Gasteiger partial charge in [0.1, 0.15) is 24.1 Å². The number of Topliss-reactive ketones (excluding diaryl/α,β-unsaturated/α-hetero) is 1. The van der Waals surface area contributed by atoms with E-state index in [0.717, 1.165) is 4.90 Å². The van der Waals surface area contributed by atoms with Gasteiger partial charge in [-0.15, -0.1) is 0 Å². The first kappa shape index (κ1) is 38.3. The highest BCUT2D eigenvalue weighted by Crippen LogP contribution is 2.36. The Kier molecular flexibility index (Phi) is 14.3. The van der Waals surface area contributed by atoms with Crippen LogP contribution in [0.1, 0.15) is 61.3 Å². The number of aliphatic hydroxyl groups excluding tert-OH is 1. The number of esters is 2. The minimum absolute atomic E-state index is 0.0964. The van der Waals surface area contributed by atoms with E-state index in [4.69, 9.17) is 23.7 Å². The Morgan fingerprint density at radius 3 is 2.04 bits per heavy atom. The molecule has 0 fully saturated rings. The van der Waals surface area contributed by atoms with Crippen LogP contribution in [-0.2, 0) is 47.7 Å². The van der Waals surface area contributed by atoms with Crippen molar-refractivity contribution in [2.75, 3.05) is 21.3 Å². The van der Waals surface area contributed by atoms with Crippen LogP contribution in [0.4, 0.5) is 0 Å². The summed E-state index contributed by atoms with van der Waals surface area (Å²) < 4.78 is 28.1. The Hall–Kier alpha value is -3.87. The number of rotatable bonds is 5. The van der Waals surface area contributed by atoms with Crippen LogP contribution >= 0.6 is 0 Å². The summed E-state index contributed by atoms with van der Waals surface area (Å²) in [6.45, 7) is 10.5. The number of allylic oxidation sites excluding steroid dienone is 2. The smallest absolute Gasteiger partial charge is 0.303 e. The zero-order chi connectivity index (χ0) is 34.9. The van der Waals surface area contributed by atoms with E-state index in [0.29, 0.717) is 17.6 Å². The van der Waals surface area contributed by atoms with Gasteiger partial charge in [-0.05, 0) is 50.3 Å². The minimum Gasteiger partial charge on any atom is -0.497 e. The Balaban J connectivity index is 2.83. The zero-order valence-corrected chi connectivity index (χ0v) is 28.3. The summed E-state index contributed by atoms with van der Waals surface area (Å²) in [6.07, 6.45) is 2.84. The number of hydrogen-bond acceptors (Lipinski definition) is 11. The molecule has 1 N–H and O–H groups in total. The van der Waals surface area contributed by atoms with E-state index in [2.05, 4.69) is 0 Å². The molecule has 0 saturated carbocycles. The number of carbonyl (C=O) groups excluding carboxylic acids is 5. The molecular weight excluding hydrogens is 598 g/mol. The molecule has 1 aliphatic carbocycles. The van der Waals surface area contributed by atoms with E-state index in [1.165, 1.54) is 73.3 Å². The van der Waals surface area contributed by atoms with Crippen molar-refractivity contribution < 1.29 is 52.8 Å². The van der Waals surface area contributed by atoms with Crippen molar-refractivity contribution >= 4 is 29.5 Å². The van der Waals surface area contributed by atoms with Gasteiger partial charge in [0.15, 0.2) is 11.9 Å². The molecule has 1 heterocycles. The number of fused-ring (bicyclic) bond motifs is 2. The lowest BCUT2D eigenvalue weighted by Gasteiger charge is -2.36. The van der Waals surface area contributed by atoms with Gasteiger partial charge in [-0.25, -0.2) is 4.90 Å². The van der Waals surface area contributed by atoms with Crippen LogP contribution in [0.15, 0.2) is 58.6 Å². The van der Waals surface area contributed by atoms with Crippen molar-refractivity contribution in [3.05, 3.63) is 58.6 Å². The Labute approximate surface area is 270 Å². The van der Waals surface area contributed by atoms with E-state index < -0.39 is 60.2 Å². The second-order valence-electron chi connectivity index (χ2n) is 11.6. The van der Waals surface area contributed by atoms with Gasteiger partial charge in [-0.2, -0.15) is 0 Å². The van der Waals surface area contributed by atoms with Gasteiger partial charge < -0.3 is 28.8 Å². The second kappa shape index (κ2) is 17.2. The monoisotopic (exact) mass is 645 g/mol. The first-order valence-electron chi connectivity index (χ1n) is 15.1. The lowest BCUT2D eigenvalue weighted by atomic mass is 9.84. The summed E-state index contributed by atoms with van der Waals surface area (Å²) in [5.74, 6) is -3.47. The Morgan fingerprint density at radius 1 is 0.891 bits per heavy atom. The van der Waals surface area contributed by atoms with Crippen LogP contribution in [0.25, 0.3) is 0 Å². The summed E-state index contributed by atoms with van der Waals surface area (Å²) in [5.41, 5.74) is 0.694. The van der Waals surface area contributed by atoms with Gasteiger partial charge in [0.2, 0.25) is 5.91 Å². The van der Waals surface area contributed by atoms with Crippen molar-refractivity contribution in [1.29, 1.82) is 0 Å². The third-order valence-electron chi connectivity index (χ3n) is 7.87. The third kappa shape index (κ3) is 9.57. The average molecular weight is 646 g/mol. The van der Waals surface area contributed by atoms with Gasteiger partial charge in [-0.1, -0.05) is 32.1 Å². The summed E-state index contributed by atoms with van der Waals surface area (Å²) >= 11 is 0. The average Bonchev–Trinajstić information content (AvgIpc) is 2.97. The van der Waals surface area contributed by atoms with Gasteiger partial charge >= 0.3 is 11.9 Å². The molecule has 0 aromatic carbocycles. The number of hydrogen-bond donors (Lipinski definition) is 1. The van der Waals surface area contributed by atoms with Crippen molar-refractivity contribution in [2.45, 2.75) is 91.8 Å². The highest BCUT2D eigenvalue weighted by Gasteiger charge is 2.40. The first-order chi connectivity index (χ1) is 21.6. The number of ketones is 1. The van der Waals surface area contributed by atoms with Gasteiger partial charge in [0, 0.05) is 52.1 Å². The molecule has 0 spiro atoms. The summed E-state index contributed by atoms with van der Waals surface area (Å²) in [7, 11) is 4.23. The molecule has 0 radical (unpaired) electrons. The van der Waals surface area contributed by atoms with Gasteiger partial charge in [0.25, 0.3) is 5.91 Å². The zero-order valence-electron chi connectivity index (χ0n) is 28.3. The van der Waals surface area contributed by atoms with Crippen LogP contribution in [0.5, 0.6) is 0 Å². The van der Waals surface area contributed by atoms with Gasteiger partial charge in [0.05, 0.1) is 18.9 Å². The molecule has 2 rings (SSSR count). The molecule has 2 unspecified atom stereocenters. The standard InChI is InChI=1S/C34H47NO11/c1-18-14-25-31(40)26(17-29(33(25)44-10)45-23(6)37)35(22(5)36)34(41)19(2)12-11-13-27(42-8)30(39)20(3)16-21(4)32(46-24(7)38)28(15-18)43-9/h11-13,16-18,21,27-29,31-32,40H,14-15H2,1-10H3/b13-11-,19-12+,20-16+/t18-,21+,27+,28+,29?,31?,32+/m1/s1. The van der Waals surface area contributed by atoms with Crippen LogP contribution < -0.4 is 0 Å². The molecule has 254 valence electrons. The first-order valence-corrected chi connectivity index (χ1v) is 15.1. The fourth-order valence-corrected chi connectivity index (χ4v) is 5.73. The SMILES string of the molecule is COC1=C2C[C@@H](C)C[C@H](OC)[C@@H](OC(C)=O)[C@@H](C)/C=C(\C)C(=O)[C@@H](OC)/C=C\C=C(/C)C(=O)N(C(C)=O)C(=CC1OC(C)=O)C2O. The molecule has 7 atom stereocenters. The molecule has 1 aliphatic heterocycles. The summed E-state index contributed by atoms with van der Waals surface area (Å²) in [5, 5.41) is 11.7. The lowest BCUT2D eigenvalue weighted by Crippen LogP contribution is -2.43. The number of imide groups is 1. The van der Waals surface area contributed by atoms with E-state index in [1.54, 1.807) is 13.0 Å². The normalized spacial score (nSPS) is 31.6. The molecule has 46 heavy (non-hydrogen) atoms. The molecule has 2 aliphatic rings. The number of amides is 2. The fourth-order valence-electron chi connectivity index (χ4n) is 5.73. The number of aliphatic hydroxyl groups is 1. The molecule has 0 aromatic rings. The van der Waals surface area contributed by atoms with E-state index in [-0.39, 0.29) is 35.2 Å². The van der Waals surface area contributed by atoms with Crippen molar-refractivity contribution in [3.63, 3.8) is 0 Å². The van der Waals surface area contributed by atoms with E-state index in [1.807, 2.05) is 13.8 Å². The molecule has 0 saturated heterocycles. The third-order valence-corrected chi connectivity index (χ3v) is 7.87. The van der Waals surface area contributed by atoms with Crippen LogP contribution in [0.3, 0.4) is 0 Å². The van der Waals surface area contributed by atoms with Crippen LogP contribution in [-0.4, -0.2) is 91.4 Å². The Morgan fingerprint density at radius 2 is 1.52 bits per heavy atom. The van der Waals surface area contributed by atoms with Crippen molar-refractivity contribution in [1.82, 2.24) is 4.90 Å². The maximum absolute atomic E-state index is 13.7. The molecule has 0 aromatic heterocycles. The van der Waals surface area contributed by atoms with Crippen LogP contribution in [0, 0.1) is 11.8 Å². The van der Waals surface area contributed by atoms with Gasteiger partial charge in [-0.3, -0.25) is 24.0 Å². The molecular formula is C34H47NO11. The number of methoxy groups -OCH3 is 3. The van der Waals surface area contributed by atoms with Crippen molar-refractivity contribution in [3.8, 4) is 0 Å². The second-order valence-corrected chi connectivity index (χ2v) is 11.6. The highest BCUT2D eigenvalue weighted by molar-refractivity contribution is 6.05. The number of nitrogens with zero attached hydrogens (tertiary/aromatic N) is 1. The van der Waals surface area contributed by atoms with E-state index in [9.17, 15) is 29.1 Å². The molecule has 2 bridgehead atoms. The largest absolute Gasteiger partial charge is 0.497 e. The number of carbonyl (C=O) groups is 5. The predicted molar refractivity (Wildman–Crippen MR) is 168 cm³/mol. The molecule has 2 amide bonds. The lowest BCUT2D eigenvalue weighted by molar-refractivity contribution is -0.157. The quantitative estimate of drug-likeness (QED) is 0.437. The summed E-state index contributed by atoms with van der Waals surface area (Å²) in [4.78, 5) is 65.0. The Bertz CT molecular complexity index is 1340. The molecule has 12 nitrogen and oxygen atoms in total. The number of ether oxygens (including phenoxy) is 5. The molecule has 12 heteroatoms. The maximum Gasteiger partial charge on any atom is 0.303 e. The highest BCUT2D eigenvalue weighted by atomic mass is 16.6. The van der Waals surface area contributed by atoms with E-state index >= 15 is 0 Å². The minimum atomic E-state index is -1.48. The van der Waals surface area contributed by atoms with Crippen molar-refractivity contribution in [2.24, 2.45) is 11.8 Å². The maximum atomic E-state index is 13.7. The van der Waals surface area contributed by atoms with Crippen LogP contribution in [0.2, 0.25) is 0 Å². The summed E-state index contributed by atoms with van der Waals surface area (Å²) in [6, 6.07) is 0. The fraction of sp³-hybridized carbons (Fsp3) is 0.559. The predicted octanol–water partition coefficient (Wildman–Crippen LogP) is 3.50. The topological polar surface area (TPSA) is 155 Å².